The molecule has 1 rings (SSSR count). The van der Waals surface area contributed by atoms with Crippen LogP contribution in [-0.4, -0.2) is 13.3 Å². The van der Waals surface area contributed by atoms with Gasteiger partial charge in [-0.25, -0.2) is 8.42 Å². The Kier molecular flexibility index (Phi) is 3.93. The second-order valence-corrected chi connectivity index (χ2v) is 5.83. The van der Waals surface area contributed by atoms with Crippen molar-refractivity contribution in [2.24, 2.45) is 0 Å². The Morgan fingerprint density at radius 1 is 1.33 bits per heavy atom. The third-order valence-corrected chi connectivity index (χ3v) is 4.39. The average molecular weight is 247 g/mol. The van der Waals surface area contributed by atoms with Crippen LogP contribution < -0.4 is 5.26 Å². The van der Waals surface area contributed by atoms with E-state index in [9.17, 15) is 18.5 Å². The first-order valence-corrected chi connectivity index (χ1v) is 6.28. The van der Waals surface area contributed by atoms with Crippen molar-refractivity contribution in [3.63, 3.8) is 0 Å². The van der Waals surface area contributed by atoms with E-state index < -0.39 is 23.5 Å². The third kappa shape index (κ3) is 2.82. The highest BCUT2D eigenvalue weighted by Gasteiger charge is 2.23. The van der Waals surface area contributed by atoms with E-state index in [4.69, 9.17) is 0 Å². The maximum absolute atomic E-state index is 11.5. The van der Waals surface area contributed by atoms with Crippen LogP contribution in [0, 0.1) is 6.92 Å². The molecular formula is C8H8O5PS-. The molecule has 7 heteroatoms. The Labute approximate surface area is 88.8 Å². The SMILES string of the molecule is Cc1ccc(S(=O)(=O)C(=O)PO[O-])cc1. The first-order chi connectivity index (χ1) is 6.98. The Morgan fingerprint density at radius 2 is 1.87 bits per heavy atom. The first-order valence-electron chi connectivity index (χ1n) is 3.89. The number of carbonyl (C=O) groups excluding carboxylic acids is 1. The zero-order valence-corrected chi connectivity index (χ0v) is 9.58. The van der Waals surface area contributed by atoms with Crippen molar-refractivity contribution in [2.75, 3.05) is 0 Å². The third-order valence-electron chi connectivity index (χ3n) is 1.70. The van der Waals surface area contributed by atoms with Gasteiger partial charge in [-0.15, -0.1) is 0 Å². The number of sulfone groups is 1. The molecule has 1 unspecified atom stereocenters. The van der Waals surface area contributed by atoms with Crippen molar-refractivity contribution in [3.8, 4) is 0 Å². The van der Waals surface area contributed by atoms with E-state index in [1.807, 2.05) is 0 Å². The molecule has 0 aliphatic carbocycles. The maximum Gasteiger partial charge on any atom is 0.294 e. The highest BCUT2D eigenvalue weighted by atomic mass is 32.2. The average Bonchev–Trinajstić information content (AvgIpc) is 2.18. The normalized spacial score (nSPS) is 12.1. The van der Waals surface area contributed by atoms with Crippen LogP contribution in [0.2, 0.25) is 0 Å². The van der Waals surface area contributed by atoms with Crippen LogP contribution in [0.1, 0.15) is 5.56 Å². The van der Waals surface area contributed by atoms with E-state index in [0.717, 1.165) is 5.56 Å². The van der Waals surface area contributed by atoms with Gasteiger partial charge in [-0.2, -0.15) is 0 Å². The Bertz CT molecular complexity index is 450. The predicted molar refractivity (Wildman–Crippen MR) is 53.2 cm³/mol. The fraction of sp³-hybridized carbons (Fsp3) is 0.125. The summed E-state index contributed by atoms with van der Waals surface area (Å²) in [7, 11) is -5.29. The fourth-order valence-electron chi connectivity index (χ4n) is 0.913. The van der Waals surface area contributed by atoms with Crippen LogP contribution in [0.4, 0.5) is 4.79 Å². The van der Waals surface area contributed by atoms with Gasteiger partial charge in [0.15, 0.2) is 0 Å². The molecule has 0 aromatic heterocycles. The predicted octanol–water partition coefficient (Wildman–Crippen LogP) is 0.774. The van der Waals surface area contributed by atoms with Crippen LogP contribution in [0.3, 0.4) is 0 Å². The highest BCUT2D eigenvalue weighted by molar-refractivity contribution is 8.16. The molecule has 1 aromatic rings. The van der Waals surface area contributed by atoms with Gasteiger partial charge >= 0.3 is 0 Å². The summed E-state index contributed by atoms with van der Waals surface area (Å²) in [5.74, 6) is 0. The second kappa shape index (κ2) is 4.81. The maximum atomic E-state index is 11.5. The quantitative estimate of drug-likeness (QED) is 0.447. The molecular weight excluding hydrogens is 239 g/mol. The molecule has 0 heterocycles. The van der Waals surface area contributed by atoms with Gasteiger partial charge in [0.2, 0.25) is 9.84 Å². The van der Waals surface area contributed by atoms with E-state index in [1.54, 1.807) is 19.1 Å². The van der Waals surface area contributed by atoms with Crippen LogP contribution in [0.5, 0.6) is 0 Å². The summed E-state index contributed by atoms with van der Waals surface area (Å²) in [6.07, 6.45) is 0. The van der Waals surface area contributed by atoms with Crippen molar-refractivity contribution in [1.29, 1.82) is 0 Å². The van der Waals surface area contributed by atoms with E-state index in [0.29, 0.717) is 0 Å². The first kappa shape index (κ1) is 12.3. The molecule has 82 valence electrons. The molecule has 1 atom stereocenters. The van der Waals surface area contributed by atoms with E-state index in [1.165, 1.54) is 12.1 Å². The lowest BCUT2D eigenvalue weighted by molar-refractivity contribution is -0.632. The van der Waals surface area contributed by atoms with Crippen molar-refractivity contribution in [3.05, 3.63) is 29.8 Å². The molecule has 15 heavy (non-hydrogen) atoms. The van der Waals surface area contributed by atoms with Crippen molar-refractivity contribution in [2.45, 2.75) is 11.8 Å². The molecule has 0 aliphatic rings. The molecule has 5 nitrogen and oxygen atoms in total. The van der Waals surface area contributed by atoms with E-state index in [-0.39, 0.29) is 4.90 Å². The molecule has 0 spiro atoms. The number of hydrogen-bond donors (Lipinski definition) is 0. The summed E-state index contributed by atoms with van der Waals surface area (Å²) in [6, 6.07) is 5.78. The monoisotopic (exact) mass is 247 g/mol. The number of hydrogen-bond acceptors (Lipinski definition) is 5. The Hall–Kier alpha value is -0.810. The summed E-state index contributed by atoms with van der Waals surface area (Å²) in [5, 5.41) is 9.70. The molecule has 0 N–H and O–H groups in total. The largest absolute Gasteiger partial charge is 0.720 e. The fourth-order valence-corrected chi connectivity index (χ4v) is 2.58. The van der Waals surface area contributed by atoms with Crippen LogP contribution >= 0.6 is 8.81 Å². The summed E-state index contributed by atoms with van der Waals surface area (Å²) in [4.78, 5) is 9.72. The van der Waals surface area contributed by atoms with Gasteiger partial charge in [0.05, 0.1) is 13.7 Å². The summed E-state index contributed by atoms with van der Waals surface area (Å²) in [6.45, 7) is 1.79. The summed E-state index contributed by atoms with van der Waals surface area (Å²) >= 11 is 0. The van der Waals surface area contributed by atoms with E-state index >= 15 is 0 Å². The minimum atomic E-state index is -4.07. The molecule has 0 aliphatic heterocycles. The van der Waals surface area contributed by atoms with Gasteiger partial charge in [0.25, 0.3) is 4.86 Å². The molecule has 0 saturated carbocycles. The zero-order valence-electron chi connectivity index (χ0n) is 7.76. The molecule has 1 aromatic carbocycles. The molecule has 0 radical (unpaired) electrons. The van der Waals surface area contributed by atoms with Crippen molar-refractivity contribution >= 4 is 23.5 Å². The highest BCUT2D eigenvalue weighted by Crippen LogP contribution is 2.23. The number of benzene rings is 1. The second-order valence-electron chi connectivity index (χ2n) is 2.79. The lowest BCUT2D eigenvalue weighted by Gasteiger charge is -2.06. The Morgan fingerprint density at radius 3 is 2.33 bits per heavy atom. The van der Waals surface area contributed by atoms with Crippen LogP contribution in [-0.2, 0) is 14.5 Å². The van der Waals surface area contributed by atoms with Crippen LogP contribution in [0.15, 0.2) is 29.2 Å². The van der Waals surface area contributed by atoms with Gasteiger partial charge < -0.3 is 9.93 Å². The molecule has 0 saturated heterocycles. The minimum Gasteiger partial charge on any atom is -0.720 e. The Balaban J connectivity index is 3.06. The van der Waals surface area contributed by atoms with Gasteiger partial charge in [-0.1, -0.05) is 17.7 Å². The van der Waals surface area contributed by atoms with E-state index in [2.05, 4.69) is 4.67 Å². The zero-order chi connectivity index (χ0) is 11.5. The van der Waals surface area contributed by atoms with Gasteiger partial charge in [0.1, 0.15) is 0 Å². The molecule has 0 bridgehead atoms. The van der Waals surface area contributed by atoms with Crippen molar-refractivity contribution < 1.29 is 23.1 Å². The standard InChI is InChI=1S/C8H9O5PS/c1-6-2-4-7(5-3-6)15(11,12)8(9)14-13-10/h2-5,10,14H,1H3/p-1. The topological polar surface area (TPSA) is 83.5 Å². The van der Waals surface area contributed by atoms with Crippen molar-refractivity contribution in [1.82, 2.24) is 0 Å². The van der Waals surface area contributed by atoms with Gasteiger partial charge in [0, 0.05) is 0 Å². The number of aryl methyl sites for hydroxylation is 1. The van der Waals surface area contributed by atoms with Crippen LogP contribution in [0.25, 0.3) is 0 Å². The lowest BCUT2D eigenvalue weighted by atomic mass is 10.2. The minimum absolute atomic E-state index is 0.123. The smallest absolute Gasteiger partial charge is 0.294 e. The molecule has 0 amide bonds. The lowest BCUT2D eigenvalue weighted by Crippen LogP contribution is -2.10. The molecule has 0 fully saturated rings. The van der Waals surface area contributed by atoms with Gasteiger partial charge in [-0.3, -0.25) is 4.79 Å². The number of carbonyl (C=O) groups is 1. The summed E-state index contributed by atoms with van der Waals surface area (Å²) in [5.41, 5.74) is 0.879. The summed E-state index contributed by atoms with van der Waals surface area (Å²) < 4.78 is 26.2. The van der Waals surface area contributed by atoms with Gasteiger partial charge in [-0.05, 0) is 19.1 Å². The number of rotatable bonds is 3.